The monoisotopic (exact) mass is 202 g/mol. The Bertz CT molecular complexity index is 175. The molecule has 0 aromatic heterocycles. The van der Waals surface area contributed by atoms with Crippen LogP contribution in [0.15, 0.2) is 0 Å². The summed E-state index contributed by atoms with van der Waals surface area (Å²) < 4.78 is 9.92. The SMILES string of the molecule is CCC(C)C(C)(C)C(=O)OCCOC. The number of hydrogen-bond donors (Lipinski definition) is 0. The Labute approximate surface area is 86.8 Å². The quantitative estimate of drug-likeness (QED) is 0.489. The van der Waals surface area contributed by atoms with Gasteiger partial charge in [-0.15, -0.1) is 0 Å². The Balaban J connectivity index is 4.07. The fourth-order valence-electron chi connectivity index (χ4n) is 1.12. The van der Waals surface area contributed by atoms with Gasteiger partial charge in [-0.05, 0) is 19.8 Å². The van der Waals surface area contributed by atoms with Crippen molar-refractivity contribution in [1.29, 1.82) is 0 Å². The minimum Gasteiger partial charge on any atom is -0.463 e. The molecule has 0 aliphatic heterocycles. The first-order chi connectivity index (χ1) is 6.46. The van der Waals surface area contributed by atoms with Crippen molar-refractivity contribution in [3.8, 4) is 0 Å². The van der Waals surface area contributed by atoms with E-state index in [0.29, 0.717) is 19.1 Å². The standard InChI is InChI=1S/C11H22O3/c1-6-9(2)11(3,4)10(12)14-8-7-13-5/h9H,6-8H2,1-5H3. The Morgan fingerprint density at radius 3 is 2.36 bits per heavy atom. The predicted molar refractivity (Wildman–Crippen MR) is 56.1 cm³/mol. The summed E-state index contributed by atoms with van der Waals surface area (Å²) in [7, 11) is 1.59. The Hall–Kier alpha value is -0.570. The second kappa shape index (κ2) is 6.02. The van der Waals surface area contributed by atoms with Gasteiger partial charge in [0.1, 0.15) is 6.61 Å². The first-order valence-corrected chi connectivity index (χ1v) is 5.13. The second-order valence-electron chi connectivity index (χ2n) is 4.16. The van der Waals surface area contributed by atoms with Crippen LogP contribution in [0.25, 0.3) is 0 Å². The summed E-state index contributed by atoms with van der Waals surface area (Å²) in [6, 6.07) is 0. The van der Waals surface area contributed by atoms with E-state index in [-0.39, 0.29) is 5.97 Å². The summed E-state index contributed by atoms with van der Waals surface area (Å²) in [4.78, 5) is 11.7. The van der Waals surface area contributed by atoms with Gasteiger partial charge in [-0.1, -0.05) is 20.3 Å². The van der Waals surface area contributed by atoms with Crippen LogP contribution in [0.3, 0.4) is 0 Å². The highest BCUT2D eigenvalue weighted by atomic mass is 16.6. The van der Waals surface area contributed by atoms with Gasteiger partial charge >= 0.3 is 5.97 Å². The molecule has 0 spiro atoms. The highest BCUT2D eigenvalue weighted by molar-refractivity contribution is 5.76. The van der Waals surface area contributed by atoms with E-state index in [0.717, 1.165) is 6.42 Å². The van der Waals surface area contributed by atoms with Crippen LogP contribution in [0.1, 0.15) is 34.1 Å². The molecule has 3 nitrogen and oxygen atoms in total. The number of ether oxygens (including phenoxy) is 2. The molecule has 0 bridgehead atoms. The van der Waals surface area contributed by atoms with E-state index in [1.165, 1.54) is 0 Å². The third-order valence-corrected chi connectivity index (χ3v) is 2.89. The van der Waals surface area contributed by atoms with E-state index >= 15 is 0 Å². The maximum atomic E-state index is 11.7. The number of carbonyl (C=O) groups is 1. The average molecular weight is 202 g/mol. The maximum absolute atomic E-state index is 11.7. The number of methoxy groups -OCH3 is 1. The van der Waals surface area contributed by atoms with Gasteiger partial charge < -0.3 is 9.47 Å². The third kappa shape index (κ3) is 3.66. The number of rotatable bonds is 6. The highest BCUT2D eigenvalue weighted by Crippen LogP contribution is 2.30. The van der Waals surface area contributed by atoms with Gasteiger partial charge in [0.25, 0.3) is 0 Å². The van der Waals surface area contributed by atoms with Crippen molar-refractivity contribution in [1.82, 2.24) is 0 Å². The molecule has 3 heteroatoms. The molecule has 0 N–H and O–H groups in total. The molecule has 84 valence electrons. The molecular formula is C11H22O3. The molecule has 1 atom stereocenters. The molecule has 1 unspecified atom stereocenters. The van der Waals surface area contributed by atoms with Crippen molar-refractivity contribution in [2.75, 3.05) is 20.3 Å². The lowest BCUT2D eigenvalue weighted by atomic mass is 9.78. The second-order valence-corrected chi connectivity index (χ2v) is 4.16. The van der Waals surface area contributed by atoms with E-state index in [9.17, 15) is 4.79 Å². The van der Waals surface area contributed by atoms with Crippen LogP contribution in [0.5, 0.6) is 0 Å². The minimum absolute atomic E-state index is 0.135. The van der Waals surface area contributed by atoms with Crippen LogP contribution in [-0.4, -0.2) is 26.3 Å². The lowest BCUT2D eigenvalue weighted by molar-refractivity contribution is -0.158. The first kappa shape index (κ1) is 13.4. The zero-order chi connectivity index (χ0) is 11.2. The van der Waals surface area contributed by atoms with E-state index in [1.54, 1.807) is 7.11 Å². The summed E-state index contributed by atoms with van der Waals surface area (Å²) >= 11 is 0. The summed E-state index contributed by atoms with van der Waals surface area (Å²) in [6.45, 7) is 8.80. The molecule has 0 aliphatic carbocycles. The van der Waals surface area contributed by atoms with E-state index < -0.39 is 5.41 Å². The molecule has 0 saturated heterocycles. The molecule has 0 fully saturated rings. The van der Waals surface area contributed by atoms with E-state index in [4.69, 9.17) is 9.47 Å². The molecule has 0 saturated carbocycles. The average Bonchev–Trinajstić information content (AvgIpc) is 2.16. The highest BCUT2D eigenvalue weighted by Gasteiger charge is 2.34. The third-order valence-electron chi connectivity index (χ3n) is 2.89. The van der Waals surface area contributed by atoms with Gasteiger partial charge in [0.05, 0.1) is 12.0 Å². The number of hydrogen-bond acceptors (Lipinski definition) is 3. The van der Waals surface area contributed by atoms with Crippen LogP contribution in [0.4, 0.5) is 0 Å². The fraction of sp³-hybridized carbons (Fsp3) is 0.909. The van der Waals surface area contributed by atoms with Gasteiger partial charge in [-0.25, -0.2) is 0 Å². The van der Waals surface area contributed by atoms with Crippen molar-refractivity contribution in [2.45, 2.75) is 34.1 Å². The van der Waals surface area contributed by atoms with Crippen LogP contribution in [0.2, 0.25) is 0 Å². The largest absolute Gasteiger partial charge is 0.463 e. The molecule has 0 amide bonds. The lowest BCUT2D eigenvalue weighted by Crippen LogP contribution is -2.33. The molecule has 0 aromatic rings. The van der Waals surface area contributed by atoms with E-state index in [1.807, 2.05) is 13.8 Å². The lowest BCUT2D eigenvalue weighted by Gasteiger charge is -2.28. The van der Waals surface area contributed by atoms with Crippen molar-refractivity contribution >= 4 is 5.97 Å². The van der Waals surface area contributed by atoms with Gasteiger partial charge in [-0.2, -0.15) is 0 Å². The minimum atomic E-state index is -0.400. The summed E-state index contributed by atoms with van der Waals surface area (Å²) in [6.07, 6.45) is 0.979. The molecule has 14 heavy (non-hydrogen) atoms. The Kier molecular flexibility index (Phi) is 5.77. The van der Waals surface area contributed by atoms with Crippen molar-refractivity contribution in [3.63, 3.8) is 0 Å². The number of carbonyl (C=O) groups excluding carboxylic acids is 1. The zero-order valence-electron chi connectivity index (χ0n) is 9.92. The maximum Gasteiger partial charge on any atom is 0.311 e. The molecule has 0 heterocycles. The van der Waals surface area contributed by atoms with Gasteiger partial charge in [-0.3, -0.25) is 4.79 Å². The topological polar surface area (TPSA) is 35.5 Å². The molecule has 0 rings (SSSR count). The normalized spacial score (nSPS) is 13.8. The summed E-state index contributed by atoms with van der Waals surface area (Å²) in [5.74, 6) is 0.196. The Morgan fingerprint density at radius 1 is 1.36 bits per heavy atom. The van der Waals surface area contributed by atoms with Crippen molar-refractivity contribution < 1.29 is 14.3 Å². The van der Waals surface area contributed by atoms with Gasteiger partial charge in [0, 0.05) is 7.11 Å². The molecule has 0 aliphatic rings. The van der Waals surface area contributed by atoms with Crippen LogP contribution in [0, 0.1) is 11.3 Å². The van der Waals surface area contributed by atoms with Crippen LogP contribution >= 0.6 is 0 Å². The van der Waals surface area contributed by atoms with Crippen molar-refractivity contribution in [3.05, 3.63) is 0 Å². The van der Waals surface area contributed by atoms with Gasteiger partial charge in [0.15, 0.2) is 0 Å². The number of esters is 1. The molecule has 0 radical (unpaired) electrons. The first-order valence-electron chi connectivity index (χ1n) is 5.13. The summed E-state index contributed by atoms with van der Waals surface area (Å²) in [5, 5.41) is 0. The predicted octanol–water partition coefficient (Wildman–Crippen LogP) is 2.25. The van der Waals surface area contributed by atoms with Crippen LogP contribution in [-0.2, 0) is 14.3 Å². The van der Waals surface area contributed by atoms with Gasteiger partial charge in [0.2, 0.25) is 0 Å². The summed E-state index contributed by atoms with van der Waals surface area (Å²) in [5.41, 5.74) is -0.400. The van der Waals surface area contributed by atoms with Crippen molar-refractivity contribution in [2.24, 2.45) is 11.3 Å². The molecular weight excluding hydrogens is 180 g/mol. The Morgan fingerprint density at radius 2 is 1.93 bits per heavy atom. The van der Waals surface area contributed by atoms with E-state index in [2.05, 4.69) is 13.8 Å². The smallest absolute Gasteiger partial charge is 0.311 e. The molecule has 0 aromatic carbocycles. The zero-order valence-corrected chi connectivity index (χ0v) is 9.92. The van der Waals surface area contributed by atoms with Crippen LogP contribution < -0.4 is 0 Å². The fourth-order valence-corrected chi connectivity index (χ4v) is 1.12.